The molecule has 0 aliphatic rings. The number of hydrogen-bond donors (Lipinski definition) is 2. The first-order valence-electron chi connectivity index (χ1n) is 16.8. The second-order valence-corrected chi connectivity index (χ2v) is 7.48. The van der Waals surface area contributed by atoms with E-state index >= 15 is 0 Å². The SMILES string of the molecule is [2H]c1c([2H])c([2H])c(-c2c([2H])c([2H])c([2H])c(-c3c([2H])c([2H])c(-n4c5ccccc5c5cc(B(O)O)ccc54)c([2H])c3[2H])c2[2H])c([2H])c1[2H]. The Balaban J connectivity index is 1.70. The van der Waals surface area contributed by atoms with Crippen LogP contribution in [0.2, 0.25) is 0 Å². The lowest BCUT2D eigenvalue weighted by Gasteiger charge is -2.10. The summed E-state index contributed by atoms with van der Waals surface area (Å²) < 4.78 is 113. The largest absolute Gasteiger partial charge is 0.488 e. The molecule has 34 heavy (non-hydrogen) atoms. The predicted molar refractivity (Wildman–Crippen MR) is 141 cm³/mol. The van der Waals surface area contributed by atoms with E-state index in [1.807, 2.05) is 0 Å². The molecule has 0 bridgehead atoms. The topological polar surface area (TPSA) is 45.4 Å². The minimum atomic E-state index is -1.76. The van der Waals surface area contributed by atoms with Gasteiger partial charge in [0.2, 0.25) is 0 Å². The lowest BCUT2D eigenvalue weighted by atomic mass is 9.80. The highest BCUT2D eigenvalue weighted by Crippen LogP contribution is 2.33. The van der Waals surface area contributed by atoms with E-state index in [0.717, 1.165) is 0 Å². The van der Waals surface area contributed by atoms with Gasteiger partial charge in [0.15, 0.2) is 0 Å². The average molecular weight is 452 g/mol. The van der Waals surface area contributed by atoms with E-state index < -0.39 is 108 Å². The van der Waals surface area contributed by atoms with Crippen molar-refractivity contribution >= 4 is 34.4 Å². The van der Waals surface area contributed by atoms with Gasteiger partial charge < -0.3 is 14.6 Å². The van der Waals surface area contributed by atoms with Crippen LogP contribution in [0, 0.1) is 0 Å². The number of aromatic nitrogens is 1. The lowest BCUT2D eigenvalue weighted by molar-refractivity contribution is 0.426. The molecule has 0 amide bonds. The Bertz CT molecular complexity index is 2280. The molecule has 0 spiro atoms. The third-order valence-electron chi connectivity index (χ3n) is 5.46. The number of para-hydroxylation sites is 1. The Morgan fingerprint density at radius 3 is 2.00 bits per heavy atom. The summed E-state index contributed by atoms with van der Waals surface area (Å²) in [6, 6.07) is 2.14. The average Bonchev–Trinajstić information content (AvgIpc) is 3.37. The van der Waals surface area contributed by atoms with Gasteiger partial charge in [0, 0.05) is 16.5 Å². The fraction of sp³-hybridized carbons (Fsp3) is 0. The Labute approximate surface area is 216 Å². The van der Waals surface area contributed by atoms with Gasteiger partial charge in [-0.05, 0) is 58.0 Å². The molecule has 0 fully saturated rings. The van der Waals surface area contributed by atoms with Crippen LogP contribution >= 0.6 is 0 Å². The van der Waals surface area contributed by atoms with Crippen molar-refractivity contribution in [1.29, 1.82) is 0 Å². The van der Waals surface area contributed by atoms with Gasteiger partial charge in [0.25, 0.3) is 0 Å². The highest BCUT2D eigenvalue weighted by molar-refractivity contribution is 6.59. The number of hydrogen-bond acceptors (Lipinski definition) is 2. The standard InChI is InChI=1S/C30H22BNO2/c33-31(34)25-15-18-30-28(20-25)27-11-4-5-12-29(27)32(30)26-16-13-22(14-17-26)24-10-6-9-23(19-24)21-7-2-1-3-8-21/h1-20,33-34H/i1D,2D,3D,6D,7D,8D,9D,10D,13D,14D,16D,17D,19D. The second kappa shape index (κ2) is 8.34. The molecule has 2 N–H and O–H groups in total. The first kappa shape index (κ1) is 10.9. The highest BCUT2D eigenvalue weighted by atomic mass is 16.4. The third kappa shape index (κ3) is 3.50. The minimum Gasteiger partial charge on any atom is -0.423 e. The van der Waals surface area contributed by atoms with Crippen LogP contribution < -0.4 is 5.46 Å². The number of fused-ring (bicyclic) bond motifs is 3. The molecule has 6 rings (SSSR count). The van der Waals surface area contributed by atoms with Crippen LogP contribution in [-0.2, 0) is 0 Å². The van der Waals surface area contributed by atoms with Gasteiger partial charge in [-0.2, -0.15) is 0 Å². The highest BCUT2D eigenvalue weighted by Gasteiger charge is 2.16. The van der Waals surface area contributed by atoms with Crippen LogP contribution in [0.15, 0.2) is 121 Å². The molecule has 1 aromatic heterocycles. The van der Waals surface area contributed by atoms with Crippen molar-refractivity contribution in [2.24, 2.45) is 0 Å². The molecular formula is C30H22BNO2. The smallest absolute Gasteiger partial charge is 0.423 e. The molecule has 3 nitrogen and oxygen atoms in total. The molecule has 0 saturated heterocycles. The van der Waals surface area contributed by atoms with Crippen LogP contribution in [0.1, 0.15) is 17.8 Å². The summed E-state index contributed by atoms with van der Waals surface area (Å²) in [5.41, 5.74) is -1.32. The van der Waals surface area contributed by atoms with E-state index in [1.165, 1.54) is 10.6 Å². The first-order valence-corrected chi connectivity index (χ1v) is 10.3. The van der Waals surface area contributed by atoms with Gasteiger partial charge in [-0.3, -0.25) is 0 Å². The molecular weight excluding hydrogens is 417 g/mol. The Morgan fingerprint density at radius 2 is 1.26 bits per heavy atom. The van der Waals surface area contributed by atoms with Gasteiger partial charge in [-0.15, -0.1) is 0 Å². The number of benzene rings is 5. The quantitative estimate of drug-likeness (QED) is 0.332. The van der Waals surface area contributed by atoms with E-state index in [-0.39, 0.29) is 11.2 Å². The summed E-state index contributed by atoms with van der Waals surface area (Å²) in [5, 5.41) is 20.7. The monoisotopic (exact) mass is 452 g/mol. The van der Waals surface area contributed by atoms with Crippen molar-refractivity contribution in [3.05, 3.63) is 121 Å². The summed E-state index contributed by atoms with van der Waals surface area (Å²) >= 11 is 0. The normalized spacial score (nSPS) is 16.6. The summed E-state index contributed by atoms with van der Waals surface area (Å²) in [6.45, 7) is 0. The van der Waals surface area contributed by atoms with Crippen molar-refractivity contribution < 1.29 is 27.9 Å². The van der Waals surface area contributed by atoms with Crippen molar-refractivity contribution in [3.8, 4) is 27.9 Å². The molecule has 0 unspecified atom stereocenters. The maximum Gasteiger partial charge on any atom is 0.488 e. The molecule has 1 heterocycles. The van der Waals surface area contributed by atoms with Gasteiger partial charge >= 0.3 is 7.12 Å². The summed E-state index contributed by atoms with van der Waals surface area (Å²) in [5.74, 6) is 0. The third-order valence-corrected chi connectivity index (χ3v) is 5.46. The maximum absolute atomic E-state index is 9.76. The summed E-state index contributed by atoms with van der Waals surface area (Å²) in [4.78, 5) is 0. The Kier molecular flexibility index (Phi) is 2.67. The van der Waals surface area contributed by atoms with Crippen molar-refractivity contribution in [1.82, 2.24) is 4.57 Å². The molecule has 0 aliphatic heterocycles. The van der Waals surface area contributed by atoms with Crippen molar-refractivity contribution in [2.45, 2.75) is 0 Å². The van der Waals surface area contributed by atoms with Gasteiger partial charge in [0.05, 0.1) is 28.9 Å². The Morgan fingerprint density at radius 1 is 0.618 bits per heavy atom. The predicted octanol–water partition coefficient (Wildman–Crippen LogP) is 5.80. The van der Waals surface area contributed by atoms with Crippen LogP contribution in [0.25, 0.3) is 49.7 Å². The number of nitrogens with zero attached hydrogens (tertiary/aromatic N) is 1. The van der Waals surface area contributed by atoms with Crippen LogP contribution in [0.4, 0.5) is 0 Å². The van der Waals surface area contributed by atoms with Crippen LogP contribution in [0.5, 0.6) is 0 Å². The number of rotatable bonds is 4. The molecule has 6 aromatic rings. The van der Waals surface area contributed by atoms with E-state index in [1.54, 1.807) is 36.4 Å². The fourth-order valence-corrected chi connectivity index (χ4v) is 3.90. The minimum absolute atomic E-state index is 0.181. The van der Waals surface area contributed by atoms with Crippen LogP contribution in [-0.4, -0.2) is 21.7 Å². The fourth-order valence-electron chi connectivity index (χ4n) is 3.90. The van der Waals surface area contributed by atoms with Gasteiger partial charge in [-0.1, -0.05) is 90.8 Å². The molecule has 4 heteroatoms. The molecule has 162 valence electrons. The molecule has 0 radical (unpaired) electrons. The van der Waals surface area contributed by atoms with Gasteiger partial charge in [-0.25, -0.2) is 0 Å². The van der Waals surface area contributed by atoms with E-state index in [2.05, 4.69) is 0 Å². The van der Waals surface area contributed by atoms with Crippen molar-refractivity contribution in [3.63, 3.8) is 0 Å². The first-order chi connectivity index (χ1) is 22.1. The zero-order valence-electron chi connectivity index (χ0n) is 30.5. The second-order valence-electron chi connectivity index (χ2n) is 7.48. The lowest BCUT2D eigenvalue weighted by Crippen LogP contribution is -2.29. The zero-order valence-corrected chi connectivity index (χ0v) is 17.5. The zero-order chi connectivity index (χ0) is 34.4. The molecule has 0 aliphatic carbocycles. The Hall–Kier alpha value is -4.12. The molecule has 5 aromatic carbocycles. The van der Waals surface area contributed by atoms with E-state index in [9.17, 15) is 10.0 Å². The molecule has 0 atom stereocenters. The maximum atomic E-state index is 9.76. The van der Waals surface area contributed by atoms with Crippen LogP contribution in [0.3, 0.4) is 0 Å². The molecule has 0 saturated carbocycles. The summed E-state index contributed by atoms with van der Waals surface area (Å²) in [7, 11) is -1.76. The van der Waals surface area contributed by atoms with Crippen molar-refractivity contribution in [2.75, 3.05) is 0 Å². The summed E-state index contributed by atoms with van der Waals surface area (Å²) in [6.07, 6.45) is 0. The van der Waals surface area contributed by atoms with Gasteiger partial charge in [0.1, 0.15) is 0 Å². The van der Waals surface area contributed by atoms with E-state index in [4.69, 9.17) is 17.8 Å². The van der Waals surface area contributed by atoms with E-state index in [0.29, 0.717) is 21.8 Å².